The molecule has 4 atom stereocenters. The van der Waals surface area contributed by atoms with Gasteiger partial charge in [-0.25, -0.2) is 9.59 Å². The fourth-order valence-electron chi connectivity index (χ4n) is 5.38. The van der Waals surface area contributed by atoms with Crippen molar-refractivity contribution in [2.24, 2.45) is 0 Å². The molecule has 10 nitrogen and oxygen atoms in total. The summed E-state index contributed by atoms with van der Waals surface area (Å²) < 4.78 is 26.1. The van der Waals surface area contributed by atoms with Crippen molar-refractivity contribution in [1.29, 1.82) is 0 Å². The number of amides is 2. The maximum Gasteiger partial charge on any atom is 0.341 e. The number of ether oxygens (including phenoxy) is 1. The average molecular weight is 591 g/mol. The number of nitrogens with zero attached hydrogens (tertiary/aromatic N) is 1. The smallest absolute Gasteiger partial charge is 0.341 e. The first-order valence-electron chi connectivity index (χ1n) is 13.7. The number of carbonyl (C=O) groups is 4. The highest BCUT2D eigenvalue weighted by Crippen LogP contribution is 2.54. The standard InChI is InChI=1S/C31H31N2O8P/c34-27(33-17-9-16-26(33)29(36)37)20-42(39,41-31-25-15-8-7-14-24(25)30(38)40-31)19-23(18-21-10-3-1-4-11-21)32-28(35)22-12-5-2-6-13-22/h1-8,10-15,23,26,31H,9,16-20H2,(H,32,35)(H,36,37)/t23?,26-,31?,42?/m0/s1. The quantitative estimate of drug-likeness (QED) is 0.249. The molecule has 2 aliphatic rings. The highest BCUT2D eigenvalue weighted by Gasteiger charge is 2.43. The van der Waals surface area contributed by atoms with E-state index in [0.717, 1.165) is 5.56 Å². The summed E-state index contributed by atoms with van der Waals surface area (Å²) in [5.74, 6) is -2.80. The van der Waals surface area contributed by atoms with E-state index in [4.69, 9.17) is 9.26 Å². The first kappa shape index (κ1) is 29.2. The molecule has 42 heavy (non-hydrogen) atoms. The number of cyclic esters (lactones) is 1. The van der Waals surface area contributed by atoms with E-state index in [9.17, 15) is 28.8 Å². The van der Waals surface area contributed by atoms with Crippen molar-refractivity contribution in [3.8, 4) is 0 Å². The van der Waals surface area contributed by atoms with E-state index < -0.39 is 55.7 Å². The number of hydrogen-bond acceptors (Lipinski definition) is 7. The summed E-state index contributed by atoms with van der Waals surface area (Å²) in [7, 11) is -4.03. The van der Waals surface area contributed by atoms with Crippen LogP contribution in [0.5, 0.6) is 0 Å². The zero-order chi connectivity index (χ0) is 29.7. The second-order valence-corrected chi connectivity index (χ2v) is 12.9. The maximum absolute atomic E-state index is 14.7. The van der Waals surface area contributed by atoms with Crippen LogP contribution in [0, 0.1) is 0 Å². The van der Waals surface area contributed by atoms with Gasteiger partial charge in [0.25, 0.3) is 5.91 Å². The van der Waals surface area contributed by atoms with Crippen LogP contribution in [0.1, 0.15) is 51.0 Å². The van der Waals surface area contributed by atoms with Crippen LogP contribution in [-0.4, -0.2) is 64.7 Å². The molecule has 2 aliphatic heterocycles. The second kappa shape index (κ2) is 12.7. The summed E-state index contributed by atoms with van der Waals surface area (Å²) in [5, 5.41) is 12.6. The molecule has 2 amide bonds. The second-order valence-electron chi connectivity index (χ2n) is 10.4. The van der Waals surface area contributed by atoms with E-state index in [2.05, 4.69) is 5.32 Å². The number of carbonyl (C=O) groups excluding carboxylic acids is 3. The molecule has 2 N–H and O–H groups in total. The van der Waals surface area contributed by atoms with E-state index in [1.54, 1.807) is 54.6 Å². The van der Waals surface area contributed by atoms with Crippen LogP contribution in [0.3, 0.4) is 0 Å². The SMILES string of the molecule is O=C(NC(Cc1ccccc1)CP(=O)(CC(=O)N1CCC[C@H]1C(=O)O)OC1OC(=O)c2ccccc21)c1ccccc1. The number of carboxylic acids is 1. The maximum atomic E-state index is 14.7. The van der Waals surface area contributed by atoms with Crippen LogP contribution in [0.4, 0.5) is 0 Å². The minimum atomic E-state index is -4.03. The van der Waals surface area contributed by atoms with Crippen LogP contribution in [0.15, 0.2) is 84.9 Å². The molecule has 11 heteroatoms. The first-order valence-corrected chi connectivity index (χ1v) is 15.7. The van der Waals surface area contributed by atoms with Crippen molar-refractivity contribution in [3.05, 3.63) is 107 Å². The summed E-state index contributed by atoms with van der Waals surface area (Å²) in [4.78, 5) is 52.1. The Hall–Kier alpha value is -4.27. The van der Waals surface area contributed by atoms with Crippen LogP contribution in [-0.2, 0) is 29.8 Å². The molecule has 0 bridgehead atoms. The molecule has 3 aromatic carbocycles. The lowest BCUT2D eigenvalue weighted by Gasteiger charge is -2.29. The van der Waals surface area contributed by atoms with Gasteiger partial charge in [-0.3, -0.25) is 18.7 Å². The van der Waals surface area contributed by atoms with Crippen molar-refractivity contribution in [2.75, 3.05) is 18.9 Å². The van der Waals surface area contributed by atoms with Gasteiger partial charge in [0.05, 0.1) is 5.56 Å². The molecule has 2 heterocycles. The van der Waals surface area contributed by atoms with Crippen LogP contribution in [0.25, 0.3) is 0 Å². The predicted octanol–water partition coefficient (Wildman–Crippen LogP) is 4.27. The molecule has 5 rings (SSSR count). The summed E-state index contributed by atoms with van der Waals surface area (Å²) >= 11 is 0. The van der Waals surface area contributed by atoms with Gasteiger partial charge in [-0.05, 0) is 43.0 Å². The topological polar surface area (TPSA) is 139 Å². The van der Waals surface area contributed by atoms with Gasteiger partial charge in [0, 0.05) is 29.9 Å². The van der Waals surface area contributed by atoms with Gasteiger partial charge in [0.2, 0.25) is 19.6 Å². The lowest BCUT2D eigenvalue weighted by molar-refractivity contribution is -0.147. The Morgan fingerprint density at radius 2 is 1.67 bits per heavy atom. The number of likely N-dealkylation sites (tertiary alicyclic amines) is 1. The molecule has 218 valence electrons. The van der Waals surface area contributed by atoms with Crippen molar-refractivity contribution >= 4 is 31.1 Å². The molecule has 3 unspecified atom stereocenters. The average Bonchev–Trinajstić information content (AvgIpc) is 3.59. The third-order valence-corrected chi connectivity index (χ3v) is 9.69. The first-order chi connectivity index (χ1) is 20.2. The van der Waals surface area contributed by atoms with E-state index >= 15 is 0 Å². The van der Waals surface area contributed by atoms with Gasteiger partial charge >= 0.3 is 11.9 Å². The molecule has 0 saturated carbocycles. The van der Waals surface area contributed by atoms with E-state index in [1.807, 2.05) is 30.3 Å². The summed E-state index contributed by atoms with van der Waals surface area (Å²) in [5.41, 5.74) is 1.91. The Balaban J connectivity index is 1.45. The molecular formula is C31H31N2O8P. The fraction of sp³-hybridized carbons (Fsp3) is 0.290. The molecule has 0 spiro atoms. The number of nitrogens with one attached hydrogen (secondary N) is 1. The molecule has 1 saturated heterocycles. The van der Waals surface area contributed by atoms with E-state index in [-0.39, 0.29) is 24.7 Å². The van der Waals surface area contributed by atoms with Crippen molar-refractivity contribution in [2.45, 2.75) is 37.6 Å². The lowest BCUT2D eigenvalue weighted by Crippen LogP contribution is -2.43. The normalized spacial score (nSPS) is 19.8. The summed E-state index contributed by atoms with van der Waals surface area (Å²) in [6.45, 7) is 0.217. The Bertz CT molecular complexity index is 1510. The van der Waals surface area contributed by atoms with Crippen molar-refractivity contribution in [3.63, 3.8) is 0 Å². The highest BCUT2D eigenvalue weighted by atomic mass is 31.2. The third kappa shape index (κ3) is 6.78. The zero-order valence-electron chi connectivity index (χ0n) is 22.8. The number of hydrogen-bond donors (Lipinski definition) is 2. The molecule has 0 radical (unpaired) electrons. The van der Waals surface area contributed by atoms with E-state index in [1.165, 1.54) is 4.90 Å². The minimum absolute atomic E-state index is 0.217. The van der Waals surface area contributed by atoms with Crippen molar-refractivity contribution < 1.29 is 38.1 Å². The summed E-state index contributed by atoms with van der Waals surface area (Å²) in [6, 6.07) is 22.6. The van der Waals surface area contributed by atoms with Crippen LogP contribution >= 0.6 is 7.37 Å². The molecule has 1 fully saturated rings. The Morgan fingerprint density at radius 3 is 2.38 bits per heavy atom. The van der Waals surface area contributed by atoms with Gasteiger partial charge < -0.3 is 20.1 Å². The van der Waals surface area contributed by atoms with Gasteiger partial charge in [0.1, 0.15) is 12.2 Å². The molecular weight excluding hydrogens is 559 g/mol. The summed E-state index contributed by atoms with van der Waals surface area (Å²) in [6.07, 6.45) is -1.10. The number of carboxylic acid groups (broad SMARTS) is 1. The third-order valence-electron chi connectivity index (χ3n) is 7.37. The number of esters is 1. The van der Waals surface area contributed by atoms with E-state index in [0.29, 0.717) is 24.0 Å². The number of benzene rings is 3. The van der Waals surface area contributed by atoms with Crippen molar-refractivity contribution in [1.82, 2.24) is 10.2 Å². The zero-order valence-corrected chi connectivity index (χ0v) is 23.7. The number of aliphatic carboxylic acids is 1. The fourth-order valence-corrected chi connectivity index (χ4v) is 7.66. The Morgan fingerprint density at radius 1 is 1.00 bits per heavy atom. The number of rotatable bonds is 11. The molecule has 0 aromatic heterocycles. The molecule has 0 aliphatic carbocycles. The largest absolute Gasteiger partial charge is 0.480 e. The lowest BCUT2D eigenvalue weighted by atomic mass is 10.1. The Kier molecular flexibility index (Phi) is 8.85. The minimum Gasteiger partial charge on any atom is -0.480 e. The monoisotopic (exact) mass is 590 g/mol. The van der Waals surface area contributed by atoms with Crippen LogP contribution < -0.4 is 5.32 Å². The van der Waals surface area contributed by atoms with Gasteiger partial charge in [-0.2, -0.15) is 0 Å². The predicted molar refractivity (Wildman–Crippen MR) is 153 cm³/mol. The van der Waals surface area contributed by atoms with Crippen LogP contribution in [0.2, 0.25) is 0 Å². The van der Waals surface area contributed by atoms with Gasteiger partial charge in [-0.15, -0.1) is 0 Å². The molecule has 3 aromatic rings. The van der Waals surface area contributed by atoms with Gasteiger partial charge in [0.15, 0.2) is 0 Å². The highest BCUT2D eigenvalue weighted by molar-refractivity contribution is 7.60. The van der Waals surface area contributed by atoms with Gasteiger partial charge in [-0.1, -0.05) is 66.7 Å². The Labute approximate surface area is 243 Å². The number of fused-ring (bicyclic) bond motifs is 1.